The van der Waals surface area contributed by atoms with Gasteiger partial charge in [-0.1, -0.05) is 20.8 Å². The lowest BCUT2D eigenvalue weighted by atomic mass is 10.1. The molecule has 1 aromatic rings. The van der Waals surface area contributed by atoms with E-state index in [1.807, 2.05) is 0 Å². The zero-order valence-corrected chi connectivity index (χ0v) is 10.1. The molecule has 0 bridgehead atoms. The molecule has 4 heteroatoms. The Labute approximate surface area is 94.5 Å². The number of rotatable bonds is 3. The van der Waals surface area contributed by atoms with E-state index in [1.54, 1.807) is 24.0 Å². The first-order valence-corrected chi connectivity index (χ1v) is 5.87. The van der Waals surface area contributed by atoms with Crippen molar-refractivity contribution in [1.29, 1.82) is 0 Å². The SMILES string of the molecule is CC(C)(C)SCC(N)c1ccncc1F. The van der Waals surface area contributed by atoms with Gasteiger partial charge in [-0.2, -0.15) is 11.8 Å². The van der Waals surface area contributed by atoms with Crippen molar-refractivity contribution >= 4 is 11.8 Å². The summed E-state index contributed by atoms with van der Waals surface area (Å²) in [5.41, 5.74) is 6.46. The highest BCUT2D eigenvalue weighted by Crippen LogP contribution is 2.27. The molecule has 1 atom stereocenters. The molecule has 2 nitrogen and oxygen atoms in total. The van der Waals surface area contributed by atoms with Gasteiger partial charge in [0.2, 0.25) is 0 Å². The van der Waals surface area contributed by atoms with Crippen LogP contribution in [0, 0.1) is 5.82 Å². The van der Waals surface area contributed by atoms with Gasteiger partial charge in [-0.15, -0.1) is 0 Å². The van der Waals surface area contributed by atoms with Crippen LogP contribution in [0.25, 0.3) is 0 Å². The molecule has 0 aliphatic carbocycles. The molecule has 0 spiro atoms. The standard InChI is InChI=1S/C11H17FN2S/c1-11(2,3)15-7-10(13)8-4-5-14-6-9(8)12/h4-6,10H,7,13H2,1-3H3. The van der Waals surface area contributed by atoms with E-state index in [0.29, 0.717) is 11.3 Å². The van der Waals surface area contributed by atoms with Crippen LogP contribution in [0.5, 0.6) is 0 Å². The Morgan fingerprint density at radius 1 is 1.53 bits per heavy atom. The fraction of sp³-hybridized carbons (Fsp3) is 0.545. The van der Waals surface area contributed by atoms with Gasteiger partial charge >= 0.3 is 0 Å². The summed E-state index contributed by atoms with van der Waals surface area (Å²) < 4.78 is 13.5. The van der Waals surface area contributed by atoms with Crippen molar-refractivity contribution in [2.24, 2.45) is 5.73 Å². The first-order valence-electron chi connectivity index (χ1n) is 4.89. The lowest BCUT2D eigenvalue weighted by molar-refractivity contribution is 0.588. The molecule has 0 saturated carbocycles. The summed E-state index contributed by atoms with van der Waals surface area (Å²) in [6.45, 7) is 6.36. The topological polar surface area (TPSA) is 38.9 Å². The number of nitrogens with zero attached hydrogens (tertiary/aromatic N) is 1. The average molecular weight is 228 g/mol. The highest BCUT2D eigenvalue weighted by atomic mass is 32.2. The number of thioether (sulfide) groups is 1. The third-order valence-electron chi connectivity index (χ3n) is 1.90. The van der Waals surface area contributed by atoms with Crippen molar-refractivity contribution in [3.63, 3.8) is 0 Å². The Bertz CT molecular complexity index is 323. The maximum absolute atomic E-state index is 13.3. The van der Waals surface area contributed by atoms with Gasteiger partial charge < -0.3 is 5.73 Å². The second kappa shape index (κ2) is 4.94. The third kappa shape index (κ3) is 4.18. The molecule has 0 amide bonds. The number of aromatic nitrogens is 1. The Hall–Kier alpha value is -0.610. The van der Waals surface area contributed by atoms with E-state index in [1.165, 1.54) is 6.20 Å². The first-order chi connectivity index (χ1) is 6.90. The summed E-state index contributed by atoms with van der Waals surface area (Å²) in [7, 11) is 0. The van der Waals surface area contributed by atoms with Crippen molar-refractivity contribution in [2.45, 2.75) is 31.6 Å². The second-order valence-electron chi connectivity index (χ2n) is 4.43. The molecule has 0 fully saturated rings. The van der Waals surface area contributed by atoms with Gasteiger partial charge in [0, 0.05) is 28.3 Å². The highest BCUT2D eigenvalue weighted by molar-refractivity contribution is 8.00. The Balaban J connectivity index is 2.62. The van der Waals surface area contributed by atoms with Crippen LogP contribution in [-0.2, 0) is 0 Å². The normalized spacial score (nSPS) is 13.9. The van der Waals surface area contributed by atoms with E-state index in [4.69, 9.17) is 5.73 Å². The molecule has 1 heterocycles. The van der Waals surface area contributed by atoms with Crippen molar-refractivity contribution in [3.05, 3.63) is 29.8 Å². The van der Waals surface area contributed by atoms with Gasteiger partial charge in [0.05, 0.1) is 6.20 Å². The lowest BCUT2D eigenvalue weighted by Gasteiger charge is -2.20. The van der Waals surface area contributed by atoms with Crippen LogP contribution in [0.2, 0.25) is 0 Å². The minimum absolute atomic E-state index is 0.154. The van der Waals surface area contributed by atoms with Crippen LogP contribution in [-0.4, -0.2) is 15.5 Å². The Morgan fingerprint density at radius 3 is 2.73 bits per heavy atom. The summed E-state index contributed by atoms with van der Waals surface area (Å²) in [5, 5.41) is 0. The smallest absolute Gasteiger partial charge is 0.146 e. The van der Waals surface area contributed by atoms with Gasteiger partial charge in [0.1, 0.15) is 5.82 Å². The van der Waals surface area contributed by atoms with Crippen LogP contribution in [0.1, 0.15) is 32.4 Å². The van der Waals surface area contributed by atoms with Crippen LogP contribution in [0.3, 0.4) is 0 Å². The Morgan fingerprint density at radius 2 is 2.20 bits per heavy atom. The third-order valence-corrected chi connectivity index (χ3v) is 3.29. The van der Waals surface area contributed by atoms with Gasteiger partial charge in [0.25, 0.3) is 0 Å². The highest BCUT2D eigenvalue weighted by Gasteiger charge is 2.16. The molecule has 1 aromatic heterocycles. The molecule has 0 aromatic carbocycles. The van der Waals surface area contributed by atoms with Crippen LogP contribution in [0.15, 0.2) is 18.5 Å². The van der Waals surface area contributed by atoms with E-state index in [-0.39, 0.29) is 16.6 Å². The molecule has 84 valence electrons. The molecule has 0 aliphatic heterocycles. The summed E-state index contributed by atoms with van der Waals surface area (Å²) in [6, 6.07) is 1.38. The fourth-order valence-corrected chi connectivity index (χ4v) is 1.98. The minimum Gasteiger partial charge on any atom is -0.323 e. The molecule has 0 aliphatic rings. The van der Waals surface area contributed by atoms with Crippen molar-refractivity contribution in [3.8, 4) is 0 Å². The van der Waals surface area contributed by atoms with E-state index in [0.717, 1.165) is 0 Å². The molecule has 15 heavy (non-hydrogen) atoms. The number of hydrogen-bond donors (Lipinski definition) is 1. The van der Waals surface area contributed by atoms with Crippen molar-refractivity contribution < 1.29 is 4.39 Å². The number of hydrogen-bond acceptors (Lipinski definition) is 3. The van der Waals surface area contributed by atoms with Gasteiger partial charge in [-0.25, -0.2) is 4.39 Å². The van der Waals surface area contributed by atoms with Gasteiger partial charge in [0.15, 0.2) is 0 Å². The van der Waals surface area contributed by atoms with E-state index >= 15 is 0 Å². The van der Waals surface area contributed by atoms with Crippen LogP contribution >= 0.6 is 11.8 Å². The number of halogens is 1. The van der Waals surface area contributed by atoms with Crippen molar-refractivity contribution in [2.75, 3.05) is 5.75 Å². The monoisotopic (exact) mass is 228 g/mol. The van der Waals surface area contributed by atoms with Gasteiger partial charge in [-0.05, 0) is 6.07 Å². The lowest BCUT2D eigenvalue weighted by Crippen LogP contribution is -2.19. The van der Waals surface area contributed by atoms with E-state index in [9.17, 15) is 4.39 Å². The summed E-state index contributed by atoms with van der Waals surface area (Å²) in [6.07, 6.45) is 2.77. The van der Waals surface area contributed by atoms with Crippen LogP contribution < -0.4 is 5.73 Å². The molecule has 0 saturated heterocycles. The largest absolute Gasteiger partial charge is 0.323 e. The zero-order valence-electron chi connectivity index (χ0n) is 9.33. The predicted octanol–water partition coefficient (Wildman–Crippen LogP) is 2.75. The summed E-state index contributed by atoms with van der Waals surface area (Å²) >= 11 is 1.73. The molecule has 1 rings (SSSR count). The summed E-state index contributed by atoms with van der Waals surface area (Å²) in [5.74, 6) is 0.393. The molecular formula is C11H17FN2S. The van der Waals surface area contributed by atoms with Gasteiger partial charge in [-0.3, -0.25) is 4.98 Å². The fourth-order valence-electron chi connectivity index (χ4n) is 1.12. The first kappa shape index (κ1) is 12.5. The molecule has 2 N–H and O–H groups in total. The van der Waals surface area contributed by atoms with E-state index < -0.39 is 0 Å². The maximum Gasteiger partial charge on any atom is 0.146 e. The number of nitrogens with two attached hydrogens (primary N) is 1. The quantitative estimate of drug-likeness (QED) is 0.864. The Kier molecular flexibility index (Phi) is 4.11. The maximum atomic E-state index is 13.3. The van der Waals surface area contributed by atoms with E-state index in [2.05, 4.69) is 25.8 Å². The predicted molar refractivity (Wildman–Crippen MR) is 63.3 cm³/mol. The second-order valence-corrected chi connectivity index (χ2v) is 6.27. The summed E-state index contributed by atoms with van der Waals surface area (Å²) in [4.78, 5) is 3.70. The molecular weight excluding hydrogens is 211 g/mol. The van der Waals surface area contributed by atoms with Crippen molar-refractivity contribution in [1.82, 2.24) is 4.98 Å². The molecule has 0 radical (unpaired) electrons. The minimum atomic E-state index is -0.320. The molecule has 1 unspecified atom stereocenters. The number of pyridine rings is 1. The average Bonchev–Trinajstić information content (AvgIpc) is 2.14. The van der Waals surface area contributed by atoms with Crippen LogP contribution in [0.4, 0.5) is 4.39 Å². The zero-order chi connectivity index (χ0) is 11.5.